The topological polar surface area (TPSA) is 0 Å². The second-order valence-electron chi connectivity index (χ2n) is 7.05. The SMILES string of the molecule is CC1CC[C@H]([Si](C)(C)[C@H]2CC[C@H](C)C2)C1. The summed E-state index contributed by atoms with van der Waals surface area (Å²) >= 11 is 0. The van der Waals surface area contributed by atoms with E-state index in [0.717, 1.165) is 22.9 Å². The largest absolute Gasteiger partial charge is 0.0689 e. The molecule has 2 rings (SSSR count). The summed E-state index contributed by atoms with van der Waals surface area (Å²) in [5, 5.41) is 0. The van der Waals surface area contributed by atoms with Gasteiger partial charge in [0.25, 0.3) is 0 Å². The molecule has 2 saturated carbocycles. The molecule has 2 fully saturated rings. The van der Waals surface area contributed by atoms with Crippen molar-refractivity contribution in [1.29, 1.82) is 0 Å². The molecule has 0 aromatic heterocycles. The third-order valence-electron chi connectivity index (χ3n) is 5.49. The van der Waals surface area contributed by atoms with E-state index in [9.17, 15) is 0 Å². The van der Waals surface area contributed by atoms with Gasteiger partial charge in [-0.1, -0.05) is 65.5 Å². The first-order valence-electron chi connectivity index (χ1n) is 7.00. The molecule has 0 aromatic carbocycles. The van der Waals surface area contributed by atoms with Crippen molar-refractivity contribution in [1.82, 2.24) is 0 Å². The monoisotopic (exact) mass is 224 g/mol. The molecule has 2 aliphatic rings. The van der Waals surface area contributed by atoms with Gasteiger partial charge in [-0.15, -0.1) is 0 Å². The van der Waals surface area contributed by atoms with Crippen LogP contribution in [0, 0.1) is 11.8 Å². The van der Waals surface area contributed by atoms with E-state index in [1.165, 1.54) is 12.8 Å². The summed E-state index contributed by atoms with van der Waals surface area (Å²) in [6, 6.07) is 0. The maximum atomic E-state index is 2.69. The molecule has 0 amide bonds. The van der Waals surface area contributed by atoms with Crippen LogP contribution in [0.1, 0.15) is 52.4 Å². The minimum absolute atomic E-state index is 0.921. The maximum absolute atomic E-state index is 2.69. The summed E-state index contributed by atoms with van der Waals surface area (Å²) in [7, 11) is -0.921. The van der Waals surface area contributed by atoms with E-state index in [1.807, 2.05) is 0 Å². The fourth-order valence-corrected chi connectivity index (χ4v) is 8.61. The summed E-state index contributed by atoms with van der Waals surface area (Å²) in [6.07, 6.45) is 9.28. The number of hydrogen-bond acceptors (Lipinski definition) is 0. The molecule has 2 aliphatic carbocycles. The number of hydrogen-bond donors (Lipinski definition) is 0. The Labute approximate surface area is 96.9 Å². The minimum atomic E-state index is -0.921. The van der Waals surface area contributed by atoms with Crippen molar-refractivity contribution < 1.29 is 0 Å². The molecule has 0 bridgehead atoms. The maximum Gasteiger partial charge on any atom is 0.0536 e. The van der Waals surface area contributed by atoms with Crippen LogP contribution in [-0.4, -0.2) is 8.07 Å². The van der Waals surface area contributed by atoms with E-state index < -0.39 is 8.07 Å². The average molecular weight is 224 g/mol. The van der Waals surface area contributed by atoms with Gasteiger partial charge in [0.2, 0.25) is 0 Å². The third-order valence-corrected chi connectivity index (χ3v) is 10.8. The van der Waals surface area contributed by atoms with E-state index in [1.54, 1.807) is 25.7 Å². The summed E-state index contributed by atoms with van der Waals surface area (Å²) < 4.78 is 0. The average Bonchev–Trinajstić information content (AvgIpc) is 2.74. The molecule has 0 N–H and O–H groups in total. The molecule has 0 aromatic rings. The Hall–Kier alpha value is 0.217. The van der Waals surface area contributed by atoms with Crippen molar-refractivity contribution >= 4 is 8.07 Å². The Morgan fingerprint density at radius 2 is 1.13 bits per heavy atom. The Balaban J connectivity index is 1.99. The molecular weight excluding hydrogens is 196 g/mol. The molecule has 0 spiro atoms. The molecule has 1 unspecified atom stereocenters. The van der Waals surface area contributed by atoms with Crippen LogP contribution in [0.25, 0.3) is 0 Å². The third kappa shape index (κ3) is 2.32. The molecule has 1 heteroatoms. The summed E-state index contributed by atoms with van der Waals surface area (Å²) in [6.45, 7) is 10.3. The second kappa shape index (κ2) is 4.23. The van der Waals surface area contributed by atoms with E-state index in [4.69, 9.17) is 0 Å². The molecular formula is C14H28Si. The van der Waals surface area contributed by atoms with Crippen molar-refractivity contribution in [2.75, 3.05) is 0 Å². The Bertz CT molecular complexity index is 199. The second-order valence-corrected chi connectivity index (χ2v) is 12.3. The molecule has 0 nitrogen and oxygen atoms in total. The summed E-state index contributed by atoms with van der Waals surface area (Å²) in [5.74, 6) is 2.06. The Morgan fingerprint density at radius 3 is 1.40 bits per heavy atom. The van der Waals surface area contributed by atoms with Crippen LogP contribution in [0.2, 0.25) is 24.2 Å². The van der Waals surface area contributed by atoms with Gasteiger partial charge in [0.15, 0.2) is 0 Å². The summed E-state index contributed by atoms with van der Waals surface area (Å²) in [4.78, 5) is 0. The van der Waals surface area contributed by atoms with Gasteiger partial charge in [0.1, 0.15) is 0 Å². The minimum Gasteiger partial charge on any atom is -0.0689 e. The fourth-order valence-electron chi connectivity index (χ4n) is 4.10. The highest BCUT2D eigenvalue weighted by molar-refractivity contribution is 6.80. The smallest absolute Gasteiger partial charge is 0.0536 e. The molecule has 0 heterocycles. The van der Waals surface area contributed by atoms with Gasteiger partial charge in [-0.3, -0.25) is 0 Å². The zero-order chi connectivity index (χ0) is 11.1. The zero-order valence-electron chi connectivity index (χ0n) is 11.1. The molecule has 0 radical (unpaired) electrons. The predicted octanol–water partition coefficient (Wildman–Crippen LogP) is 5.08. The van der Waals surface area contributed by atoms with Gasteiger partial charge in [-0.25, -0.2) is 0 Å². The lowest BCUT2D eigenvalue weighted by molar-refractivity contribution is 0.601. The van der Waals surface area contributed by atoms with Crippen LogP contribution < -0.4 is 0 Å². The molecule has 15 heavy (non-hydrogen) atoms. The van der Waals surface area contributed by atoms with Gasteiger partial charge >= 0.3 is 0 Å². The Morgan fingerprint density at radius 1 is 0.733 bits per heavy atom. The van der Waals surface area contributed by atoms with Gasteiger partial charge < -0.3 is 0 Å². The molecule has 0 saturated heterocycles. The van der Waals surface area contributed by atoms with Crippen LogP contribution in [0.5, 0.6) is 0 Å². The van der Waals surface area contributed by atoms with Crippen LogP contribution in [0.4, 0.5) is 0 Å². The van der Waals surface area contributed by atoms with Crippen LogP contribution >= 0.6 is 0 Å². The highest BCUT2D eigenvalue weighted by atomic mass is 28.3. The normalized spacial score (nSPS) is 42.4. The van der Waals surface area contributed by atoms with Gasteiger partial charge in [0, 0.05) is 0 Å². The van der Waals surface area contributed by atoms with Crippen molar-refractivity contribution in [3.8, 4) is 0 Å². The molecule has 88 valence electrons. The predicted molar refractivity (Wildman–Crippen MR) is 71.0 cm³/mol. The van der Waals surface area contributed by atoms with E-state index in [-0.39, 0.29) is 0 Å². The lowest BCUT2D eigenvalue weighted by Crippen LogP contribution is -2.36. The molecule has 4 atom stereocenters. The van der Waals surface area contributed by atoms with Crippen molar-refractivity contribution in [2.24, 2.45) is 11.8 Å². The first-order chi connectivity index (χ1) is 7.00. The number of rotatable bonds is 2. The van der Waals surface area contributed by atoms with Gasteiger partial charge in [-0.2, -0.15) is 0 Å². The Kier molecular flexibility index (Phi) is 3.30. The van der Waals surface area contributed by atoms with E-state index >= 15 is 0 Å². The van der Waals surface area contributed by atoms with Crippen LogP contribution in [-0.2, 0) is 0 Å². The van der Waals surface area contributed by atoms with Crippen LogP contribution in [0.15, 0.2) is 0 Å². The molecule has 0 aliphatic heterocycles. The van der Waals surface area contributed by atoms with E-state index in [0.29, 0.717) is 0 Å². The lowest BCUT2D eigenvalue weighted by atomic mass is 10.1. The first-order valence-corrected chi connectivity index (χ1v) is 10.2. The lowest BCUT2D eigenvalue weighted by Gasteiger charge is -2.36. The van der Waals surface area contributed by atoms with Crippen molar-refractivity contribution in [2.45, 2.75) is 76.5 Å². The van der Waals surface area contributed by atoms with Crippen LogP contribution in [0.3, 0.4) is 0 Å². The van der Waals surface area contributed by atoms with Gasteiger partial charge in [-0.05, 0) is 22.9 Å². The van der Waals surface area contributed by atoms with Gasteiger partial charge in [0.05, 0.1) is 8.07 Å². The summed E-state index contributed by atoms with van der Waals surface area (Å²) in [5.41, 5.74) is 2.31. The van der Waals surface area contributed by atoms with Crippen molar-refractivity contribution in [3.63, 3.8) is 0 Å². The van der Waals surface area contributed by atoms with E-state index in [2.05, 4.69) is 26.9 Å². The van der Waals surface area contributed by atoms with Crippen molar-refractivity contribution in [3.05, 3.63) is 0 Å². The highest BCUT2D eigenvalue weighted by Gasteiger charge is 2.43. The standard InChI is InChI=1S/C14H28Si/c1-11-5-7-13(9-11)15(3,4)14-8-6-12(2)10-14/h11-14H,5-10H2,1-4H3/t11-,12?,13-,14-/m0/s1. The quantitative estimate of drug-likeness (QED) is 0.574. The zero-order valence-corrected chi connectivity index (χ0v) is 12.1. The highest BCUT2D eigenvalue weighted by Crippen LogP contribution is 2.52. The first kappa shape index (κ1) is 11.7. The fraction of sp³-hybridized carbons (Fsp3) is 1.00.